The molecule has 0 aromatic carbocycles. The Morgan fingerprint density at radius 3 is 2.69 bits per heavy atom. The first-order chi connectivity index (χ1) is 14.2. The van der Waals surface area contributed by atoms with Crippen molar-refractivity contribution in [3.63, 3.8) is 0 Å². The smallest absolute Gasteiger partial charge is 0.324 e. The highest BCUT2D eigenvalue weighted by molar-refractivity contribution is 8.01. The fourth-order valence-corrected chi connectivity index (χ4v) is 5.94. The Hall–Kier alpha value is -1.32. The standard InChI is InChI=1S/C20H32N4O3S2/c1-2-27-17(25)10-13-28-18-14-22-19(29-18)23-20(26)24(15-6-4-3-5-7-15)16-8-11-21-12-9-16/h14-16,21H,2-13H2,1H3,(H,22,23,26). The third-order valence-corrected chi connectivity index (χ3v) is 7.57. The first kappa shape index (κ1) is 22.4. The van der Waals surface area contributed by atoms with Crippen LogP contribution < -0.4 is 10.6 Å². The molecule has 2 aliphatic rings. The first-order valence-corrected chi connectivity index (χ1v) is 12.5. The molecule has 1 aliphatic heterocycles. The van der Waals surface area contributed by atoms with Gasteiger partial charge in [-0.1, -0.05) is 30.6 Å². The van der Waals surface area contributed by atoms with Gasteiger partial charge in [-0.3, -0.25) is 10.1 Å². The zero-order valence-corrected chi connectivity index (χ0v) is 18.8. The van der Waals surface area contributed by atoms with E-state index in [4.69, 9.17) is 4.74 Å². The number of ether oxygens (including phenoxy) is 1. The Bertz CT molecular complexity index is 640. The van der Waals surface area contributed by atoms with Gasteiger partial charge in [-0.15, -0.1) is 11.8 Å². The van der Waals surface area contributed by atoms with Crippen molar-refractivity contribution in [3.05, 3.63) is 6.20 Å². The van der Waals surface area contributed by atoms with Crippen LogP contribution in [0.15, 0.2) is 10.4 Å². The lowest BCUT2D eigenvalue weighted by Gasteiger charge is -2.41. The topological polar surface area (TPSA) is 83.6 Å². The molecule has 2 heterocycles. The van der Waals surface area contributed by atoms with Crippen LogP contribution in [-0.4, -0.2) is 59.4 Å². The summed E-state index contributed by atoms with van der Waals surface area (Å²) >= 11 is 3.03. The van der Waals surface area contributed by atoms with Gasteiger partial charge in [0.25, 0.3) is 0 Å². The summed E-state index contributed by atoms with van der Waals surface area (Å²) < 4.78 is 5.94. The van der Waals surface area contributed by atoms with Crippen LogP contribution >= 0.6 is 23.1 Å². The second-order valence-corrected chi connectivity index (χ2v) is 9.92. The van der Waals surface area contributed by atoms with E-state index in [9.17, 15) is 9.59 Å². The van der Waals surface area contributed by atoms with Crippen molar-refractivity contribution < 1.29 is 14.3 Å². The van der Waals surface area contributed by atoms with Crippen LogP contribution in [0, 0.1) is 0 Å². The Morgan fingerprint density at radius 2 is 1.97 bits per heavy atom. The van der Waals surface area contributed by atoms with Crippen molar-refractivity contribution in [1.82, 2.24) is 15.2 Å². The molecule has 1 aromatic heterocycles. The zero-order chi connectivity index (χ0) is 20.5. The number of thioether (sulfide) groups is 1. The molecule has 2 N–H and O–H groups in total. The first-order valence-electron chi connectivity index (χ1n) is 10.7. The van der Waals surface area contributed by atoms with E-state index in [0.29, 0.717) is 36.0 Å². The largest absolute Gasteiger partial charge is 0.466 e. The third kappa shape index (κ3) is 6.86. The van der Waals surface area contributed by atoms with Gasteiger partial charge in [0, 0.05) is 17.8 Å². The summed E-state index contributed by atoms with van der Waals surface area (Å²) in [6, 6.07) is 0.629. The second kappa shape index (κ2) is 11.8. The molecular weight excluding hydrogens is 408 g/mol. The van der Waals surface area contributed by atoms with E-state index in [2.05, 4.69) is 20.5 Å². The average Bonchev–Trinajstić information content (AvgIpc) is 3.17. The number of aromatic nitrogens is 1. The molecule has 9 heteroatoms. The van der Waals surface area contributed by atoms with Crippen molar-refractivity contribution in [2.24, 2.45) is 0 Å². The van der Waals surface area contributed by atoms with Crippen molar-refractivity contribution in [1.29, 1.82) is 0 Å². The summed E-state index contributed by atoms with van der Waals surface area (Å²) in [5, 5.41) is 7.07. The summed E-state index contributed by atoms with van der Waals surface area (Å²) in [5.41, 5.74) is 0. The summed E-state index contributed by atoms with van der Waals surface area (Å²) in [4.78, 5) is 31.1. The molecule has 0 bridgehead atoms. The minimum atomic E-state index is -0.178. The van der Waals surface area contributed by atoms with Crippen molar-refractivity contribution in [2.45, 2.75) is 74.6 Å². The van der Waals surface area contributed by atoms with Gasteiger partial charge in [0.1, 0.15) is 0 Å². The highest BCUT2D eigenvalue weighted by Crippen LogP contribution is 2.31. The number of amides is 2. The minimum absolute atomic E-state index is 0.0128. The van der Waals surface area contributed by atoms with Gasteiger partial charge in [0.15, 0.2) is 5.13 Å². The second-order valence-electron chi connectivity index (χ2n) is 7.50. The molecule has 1 aromatic rings. The van der Waals surface area contributed by atoms with E-state index in [-0.39, 0.29) is 12.0 Å². The molecule has 0 unspecified atom stereocenters. The number of nitrogens with zero attached hydrogens (tertiary/aromatic N) is 2. The molecule has 0 spiro atoms. The molecule has 0 radical (unpaired) electrons. The molecular formula is C20H32N4O3S2. The number of hydrogen-bond acceptors (Lipinski definition) is 7. The molecule has 7 nitrogen and oxygen atoms in total. The Kier molecular flexibility index (Phi) is 9.07. The van der Waals surface area contributed by atoms with Crippen molar-refractivity contribution in [3.8, 4) is 0 Å². The third-order valence-electron chi connectivity index (χ3n) is 5.46. The molecule has 1 saturated heterocycles. The van der Waals surface area contributed by atoms with Gasteiger partial charge < -0.3 is 15.0 Å². The number of esters is 1. The van der Waals surface area contributed by atoms with Crippen molar-refractivity contribution >= 4 is 40.2 Å². The highest BCUT2D eigenvalue weighted by Gasteiger charge is 2.32. The summed E-state index contributed by atoms with van der Waals surface area (Å²) in [6.45, 7) is 4.16. The molecule has 1 saturated carbocycles. The van der Waals surface area contributed by atoms with Gasteiger partial charge in [-0.05, 0) is 45.7 Å². The molecule has 29 heavy (non-hydrogen) atoms. The van der Waals surface area contributed by atoms with Crippen LogP contribution in [-0.2, 0) is 9.53 Å². The predicted octanol–water partition coefficient (Wildman–Crippen LogP) is 4.11. The lowest BCUT2D eigenvalue weighted by Crippen LogP contribution is -2.53. The van der Waals surface area contributed by atoms with Gasteiger partial charge in [-0.2, -0.15) is 0 Å². The van der Waals surface area contributed by atoms with Crippen LogP contribution in [0.1, 0.15) is 58.3 Å². The number of rotatable bonds is 8. The molecule has 2 amide bonds. The fraction of sp³-hybridized carbons (Fsp3) is 0.750. The fourth-order valence-electron chi connectivity index (χ4n) is 4.08. The van der Waals surface area contributed by atoms with E-state index in [0.717, 1.165) is 43.0 Å². The summed E-state index contributed by atoms with van der Waals surface area (Å²) in [5.74, 6) is 0.473. The Balaban J connectivity index is 1.56. The number of thiazole rings is 1. The van der Waals surface area contributed by atoms with Crippen LogP contribution in [0.2, 0.25) is 0 Å². The van der Waals surface area contributed by atoms with Crippen LogP contribution in [0.4, 0.5) is 9.93 Å². The average molecular weight is 441 g/mol. The molecule has 1 aliphatic carbocycles. The van der Waals surface area contributed by atoms with E-state index in [1.54, 1.807) is 18.0 Å². The number of nitrogens with one attached hydrogen (secondary N) is 2. The van der Waals surface area contributed by atoms with Gasteiger partial charge >= 0.3 is 12.0 Å². The Morgan fingerprint density at radius 1 is 1.24 bits per heavy atom. The monoisotopic (exact) mass is 440 g/mol. The number of urea groups is 1. The van der Waals surface area contributed by atoms with Gasteiger partial charge in [0.2, 0.25) is 0 Å². The highest BCUT2D eigenvalue weighted by atomic mass is 32.2. The number of carbonyl (C=O) groups excluding carboxylic acids is 2. The van der Waals surface area contributed by atoms with Crippen LogP contribution in [0.3, 0.4) is 0 Å². The molecule has 0 atom stereocenters. The van der Waals surface area contributed by atoms with E-state index >= 15 is 0 Å². The van der Waals surface area contributed by atoms with Gasteiger partial charge in [-0.25, -0.2) is 9.78 Å². The molecule has 162 valence electrons. The van der Waals surface area contributed by atoms with Crippen LogP contribution in [0.25, 0.3) is 0 Å². The lowest BCUT2D eigenvalue weighted by molar-refractivity contribution is -0.142. The maximum absolute atomic E-state index is 13.2. The summed E-state index contributed by atoms with van der Waals surface area (Å²) in [6.07, 6.45) is 10.1. The van der Waals surface area contributed by atoms with Crippen LogP contribution in [0.5, 0.6) is 0 Å². The number of hydrogen-bond donors (Lipinski definition) is 2. The quantitative estimate of drug-likeness (QED) is 0.468. The number of piperidine rings is 1. The van der Waals surface area contributed by atoms with Crippen molar-refractivity contribution in [2.75, 3.05) is 30.8 Å². The number of carbonyl (C=O) groups is 2. The van der Waals surface area contributed by atoms with Gasteiger partial charge in [0.05, 0.1) is 23.4 Å². The zero-order valence-electron chi connectivity index (χ0n) is 17.2. The number of anilines is 1. The Labute approximate surface area is 181 Å². The van der Waals surface area contributed by atoms with E-state index in [1.807, 2.05) is 6.92 Å². The predicted molar refractivity (Wildman–Crippen MR) is 118 cm³/mol. The molecule has 3 rings (SSSR count). The maximum atomic E-state index is 13.2. The normalized spacial score (nSPS) is 18.4. The van der Waals surface area contributed by atoms with E-state index in [1.165, 1.54) is 30.6 Å². The minimum Gasteiger partial charge on any atom is -0.466 e. The SMILES string of the molecule is CCOC(=O)CCSc1cnc(NC(=O)N(C2CCCCC2)C2CCNCC2)s1. The lowest BCUT2D eigenvalue weighted by atomic mass is 9.92. The molecule has 2 fully saturated rings. The summed E-state index contributed by atoms with van der Waals surface area (Å²) in [7, 11) is 0. The maximum Gasteiger partial charge on any atom is 0.324 e. The van der Waals surface area contributed by atoms with E-state index < -0.39 is 0 Å².